The number of hydrogen-bond donors (Lipinski definition) is 1. The molecule has 0 saturated heterocycles. The molecule has 138 valence electrons. The minimum absolute atomic E-state index is 0.245. The SMILES string of the molecule is CC(C)N(Cc1ccccc1)c1cnnc(Nc2ccc3c(c2)OCO3)n1. The van der Waals surface area contributed by atoms with E-state index in [1.54, 1.807) is 6.20 Å². The number of rotatable bonds is 6. The van der Waals surface area contributed by atoms with E-state index < -0.39 is 0 Å². The summed E-state index contributed by atoms with van der Waals surface area (Å²) < 4.78 is 10.7. The van der Waals surface area contributed by atoms with Crippen LogP contribution in [0.25, 0.3) is 0 Å². The maximum absolute atomic E-state index is 5.41. The Hall–Kier alpha value is -3.35. The fraction of sp³-hybridized carbons (Fsp3) is 0.250. The van der Waals surface area contributed by atoms with E-state index in [0.29, 0.717) is 11.7 Å². The highest BCUT2D eigenvalue weighted by Crippen LogP contribution is 2.34. The molecule has 2 heterocycles. The quantitative estimate of drug-likeness (QED) is 0.715. The molecule has 0 fully saturated rings. The Balaban J connectivity index is 1.55. The molecular weight excluding hydrogens is 342 g/mol. The van der Waals surface area contributed by atoms with E-state index >= 15 is 0 Å². The first-order valence-electron chi connectivity index (χ1n) is 8.86. The van der Waals surface area contributed by atoms with Crippen LogP contribution in [0, 0.1) is 0 Å². The highest BCUT2D eigenvalue weighted by molar-refractivity contribution is 5.60. The van der Waals surface area contributed by atoms with E-state index in [4.69, 9.17) is 9.47 Å². The number of ether oxygens (including phenoxy) is 2. The van der Waals surface area contributed by atoms with Crippen LogP contribution in [0.2, 0.25) is 0 Å². The molecular formula is C20H21N5O2. The van der Waals surface area contributed by atoms with Crippen LogP contribution in [0.3, 0.4) is 0 Å². The average Bonchev–Trinajstić information content (AvgIpc) is 3.15. The highest BCUT2D eigenvalue weighted by Gasteiger charge is 2.16. The molecule has 1 aliphatic heterocycles. The molecule has 0 amide bonds. The summed E-state index contributed by atoms with van der Waals surface area (Å²) in [6.45, 7) is 5.27. The lowest BCUT2D eigenvalue weighted by atomic mass is 10.2. The van der Waals surface area contributed by atoms with Crippen LogP contribution < -0.4 is 19.7 Å². The van der Waals surface area contributed by atoms with E-state index in [9.17, 15) is 0 Å². The van der Waals surface area contributed by atoms with Gasteiger partial charge in [-0.15, -0.1) is 5.10 Å². The Labute approximate surface area is 158 Å². The zero-order chi connectivity index (χ0) is 18.6. The molecule has 0 saturated carbocycles. The van der Waals surface area contributed by atoms with Gasteiger partial charge in [-0.05, 0) is 31.5 Å². The van der Waals surface area contributed by atoms with Crippen molar-refractivity contribution >= 4 is 17.5 Å². The van der Waals surface area contributed by atoms with E-state index in [2.05, 4.69) is 51.4 Å². The van der Waals surface area contributed by atoms with Gasteiger partial charge in [0.1, 0.15) is 0 Å². The zero-order valence-corrected chi connectivity index (χ0v) is 15.3. The van der Waals surface area contributed by atoms with Crippen LogP contribution in [-0.4, -0.2) is 28.0 Å². The maximum Gasteiger partial charge on any atom is 0.249 e. The lowest BCUT2D eigenvalue weighted by molar-refractivity contribution is 0.174. The number of aromatic nitrogens is 3. The molecule has 0 unspecified atom stereocenters. The minimum Gasteiger partial charge on any atom is -0.454 e. The Morgan fingerprint density at radius 1 is 1.07 bits per heavy atom. The second kappa shape index (κ2) is 7.49. The lowest BCUT2D eigenvalue weighted by Crippen LogP contribution is -2.31. The normalized spacial score (nSPS) is 12.3. The molecule has 7 heteroatoms. The van der Waals surface area contributed by atoms with Gasteiger partial charge in [0, 0.05) is 24.3 Å². The molecule has 7 nitrogen and oxygen atoms in total. The molecule has 4 rings (SSSR count). The Bertz CT molecular complexity index is 917. The van der Waals surface area contributed by atoms with Crippen LogP contribution >= 0.6 is 0 Å². The molecule has 3 aromatic rings. The smallest absolute Gasteiger partial charge is 0.249 e. The first-order chi connectivity index (χ1) is 13.2. The van der Waals surface area contributed by atoms with Crippen molar-refractivity contribution in [3.05, 3.63) is 60.3 Å². The first-order valence-corrected chi connectivity index (χ1v) is 8.86. The summed E-state index contributed by atoms with van der Waals surface area (Å²) in [6.07, 6.45) is 1.69. The van der Waals surface area contributed by atoms with Gasteiger partial charge < -0.3 is 19.7 Å². The van der Waals surface area contributed by atoms with E-state index in [1.165, 1.54) is 5.56 Å². The van der Waals surface area contributed by atoms with Crippen molar-refractivity contribution in [3.63, 3.8) is 0 Å². The molecule has 1 N–H and O–H groups in total. The van der Waals surface area contributed by atoms with Gasteiger partial charge in [0.05, 0.1) is 6.20 Å². The van der Waals surface area contributed by atoms with E-state index in [1.807, 2.05) is 36.4 Å². The predicted molar refractivity (Wildman–Crippen MR) is 103 cm³/mol. The summed E-state index contributed by atoms with van der Waals surface area (Å²) in [5.41, 5.74) is 2.03. The summed E-state index contributed by atoms with van der Waals surface area (Å²) in [6, 6.07) is 16.2. The molecule has 0 spiro atoms. The standard InChI is InChI=1S/C20H21N5O2/c1-14(2)25(12-15-6-4-3-5-7-15)19-11-21-24-20(23-19)22-16-8-9-17-18(10-16)27-13-26-17/h3-11,14H,12-13H2,1-2H3,(H,22,23,24). The fourth-order valence-corrected chi connectivity index (χ4v) is 2.90. The Morgan fingerprint density at radius 2 is 1.89 bits per heavy atom. The maximum atomic E-state index is 5.41. The largest absolute Gasteiger partial charge is 0.454 e. The van der Waals surface area contributed by atoms with Crippen molar-refractivity contribution in [2.75, 3.05) is 17.0 Å². The number of fused-ring (bicyclic) bond motifs is 1. The van der Waals surface area contributed by atoms with Gasteiger partial charge in [-0.2, -0.15) is 10.1 Å². The second-order valence-electron chi connectivity index (χ2n) is 6.54. The van der Waals surface area contributed by atoms with Crippen molar-refractivity contribution in [2.45, 2.75) is 26.4 Å². The third-order valence-corrected chi connectivity index (χ3v) is 4.29. The van der Waals surface area contributed by atoms with Crippen molar-refractivity contribution in [3.8, 4) is 11.5 Å². The van der Waals surface area contributed by atoms with Crippen LogP contribution in [0.15, 0.2) is 54.7 Å². The number of benzene rings is 2. The molecule has 2 aromatic carbocycles. The monoisotopic (exact) mass is 363 g/mol. The van der Waals surface area contributed by atoms with Crippen LogP contribution in [-0.2, 0) is 6.54 Å². The summed E-state index contributed by atoms with van der Waals surface area (Å²) in [4.78, 5) is 6.84. The Morgan fingerprint density at radius 3 is 2.70 bits per heavy atom. The number of hydrogen-bond acceptors (Lipinski definition) is 7. The molecule has 1 aromatic heterocycles. The van der Waals surface area contributed by atoms with Crippen LogP contribution in [0.5, 0.6) is 11.5 Å². The second-order valence-corrected chi connectivity index (χ2v) is 6.54. The van der Waals surface area contributed by atoms with Gasteiger partial charge >= 0.3 is 0 Å². The number of anilines is 3. The Kier molecular flexibility index (Phi) is 4.74. The van der Waals surface area contributed by atoms with Gasteiger partial charge in [0.25, 0.3) is 0 Å². The van der Waals surface area contributed by atoms with Gasteiger partial charge in [-0.1, -0.05) is 30.3 Å². The molecule has 27 heavy (non-hydrogen) atoms. The summed E-state index contributed by atoms with van der Waals surface area (Å²) in [5.74, 6) is 2.65. The molecule has 0 aliphatic carbocycles. The van der Waals surface area contributed by atoms with Gasteiger partial charge in [0.2, 0.25) is 12.7 Å². The topological polar surface area (TPSA) is 72.4 Å². The minimum atomic E-state index is 0.245. The van der Waals surface area contributed by atoms with Crippen molar-refractivity contribution < 1.29 is 9.47 Å². The highest BCUT2D eigenvalue weighted by atomic mass is 16.7. The predicted octanol–water partition coefficient (Wildman–Crippen LogP) is 3.76. The van der Waals surface area contributed by atoms with Crippen LogP contribution in [0.1, 0.15) is 19.4 Å². The average molecular weight is 363 g/mol. The summed E-state index contributed by atoms with van der Waals surface area (Å²) >= 11 is 0. The van der Waals surface area contributed by atoms with Crippen molar-refractivity contribution in [1.82, 2.24) is 15.2 Å². The van der Waals surface area contributed by atoms with E-state index in [-0.39, 0.29) is 12.8 Å². The number of nitrogens with one attached hydrogen (secondary N) is 1. The lowest BCUT2D eigenvalue weighted by Gasteiger charge is -2.27. The van der Waals surface area contributed by atoms with E-state index in [0.717, 1.165) is 23.8 Å². The van der Waals surface area contributed by atoms with Gasteiger partial charge in [-0.25, -0.2) is 0 Å². The molecule has 0 atom stereocenters. The number of nitrogens with zero attached hydrogens (tertiary/aromatic N) is 4. The summed E-state index contributed by atoms with van der Waals surface area (Å²) in [5, 5.41) is 11.4. The van der Waals surface area contributed by atoms with Crippen LogP contribution in [0.4, 0.5) is 17.5 Å². The van der Waals surface area contributed by atoms with Crippen molar-refractivity contribution in [2.24, 2.45) is 0 Å². The first kappa shape index (κ1) is 17.1. The van der Waals surface area contributed by atoms with Gasteiger partial charge in [0.15, 0.2) is 17.3 Å². The fourth-order valence-electron chi connectivity index (χ4n) is 2.90. The molecule has 0 radical (unpaired) electrons. The zero-order valence-electron chi connectivity index (χ0n) is 15.3. The van der Waals surface area contributed by atoms with Gasteiger partial charge in [-0.3, -0.25) is 0 Å². The third kappa shape index (κ3) is 3.92. The molecule has 0 bridgehead atoms. The molecule has 1 aliphatic rings. The third-order valence-electron chi connectivity index (χ3n) is 4.29. The summed E-state index contributed by atoms with van der Waals surface area (Å²) in [7, 11) is 0. The van der Waals surface area contributed by atoms with Crippen molar-refractivity contribution in [1.29, 1.82) is 0 Å².